The number of amides is 1. The minimum Gasteiger partial charge on any atom is -0.345 e. The largest absolute Gasteiger partial charge is 0.345 e. The lowest BCUT2D eigenvalue weighted by Crippen LogP contribution is -2.49. The highest BCUT2D eigenvalue weighted by Gasteiger charge is 2.32. The molecule has 4 rings (SSSR count). The predicted molar refractivity (Wildman–Crippen MR) is 125 cm³/mol. The van der Waals surface area contributed by atoms with Gasteiger partial charge in [0.2, 0.25) is 15.4 Å². The van der Waals surface area contributed by atoms with Gasteiger partial charge in [-0.3, -0.25) is 14.5 Å². The molecule has 2 aromatic rings. The van der Waals surface area contributed by atoms with E-state index in [2.05, 4.69) is 27.0 Å². The first-order valence-corrected chi connectivity index (χ1v) is 13.5. The van der Waals surface area contributed by atoms with Gasteiger partial charge in [-0.15, -0.1) is 10.2 Å². The van der Waals surface area contributed by atoms with Crippen molar-refractivity contribution >= 4 is 38.2 Å². The zero-order chi connectivity index (χ0) is 23.8. The van der Waals surface area contributed by atoms with Crippen LogP contribution in [0.2, 0.25) is 0 Å². The van der Waals surface area contributed by atoms with Crippen molar-refractivity contribution < 1.29 is 18.0 Å². The lowest BCUT2D eigenvalue weighted by Gasteiger charge is -2.32. The van der Waals surface area contributed by atoms with Crippen molar-refractivity contribution in [2.24, 2.45) is 0 Å². The normalized spacial score (nSPS) is 18.6. The molecule has 10 nitrogen and oxygen atoms in total. The minimum absolute atomic E-state index is 0.0766. The van der Waals surface area contributed by atoms with E-state index in [9.17, 15) is 18.0 Å². The highest BCUT2D eigenvalue weighted by Crippen LogP contribution is 2.33. The van der Waals surface area contributed by atoms with Crippen molar-refractivity contribution in [1.29, 1.82) is 0 Å². The third-order valence-corrected chi connectivity index (χ3v) is 9.51. The summed E-state index contributed by atoms with van der Waals surface area (Å²) >= 11 is 0.832. The first-order chi connectivity index (χ1) is 15.7. The fourth-order valence-corrected chi connectivity index (χ4v) is 7.33. The number of Topliss-reactive ketones (excluding diaryl/α,β-unsaturated/α-hetero) is 1. The van der Waals surface area contributed by atoms with E-state index in [-0.39, 0.29) is 40.8 Å². The van der Waals surface area contributed by atoms with E-state index in [1.54, 1.807) is 0 Å². The summed E-state index contributed by atoms with van der Waals surface area (Å²) in [5, 5.41) is 10.1. The maximum Gasteiger partial charge on any atom is 0.272 e. The Hall–Kier alpha value is -2.15. The van der Waals surface area contributed by atoms with Gasteiger partial charge >= 0.3 is 0 Å². The molecule has 1 amide bonds. The third-order valence-electron chi connectivity index (χ3n) is 6.42. The van der Waals surface area contributed by atoms with E-state index in [4.69, 9.17) is 0 Å². The number of aromatic nitrogens is 3. The van der Waals surface area contributed by atoms with Crippen LogP contribution in [-0.2, 0) is 14.8 Å². The van der Waals surface area contributed by atoms with Gasteiger partial charge in [0.05, 0.1) is 6.54 Å². The summed E-state index contributed by atoms with van der Waals surface area (Å²) in [7, 11) is -3.79. The van der Waals surface area contributed by atoms with Gasteiger partial charge in [-0.1, -0.05) is 24.2 Å². The number of ketones is 1. The molecule has 0 bridgehead atoms. The maximum atomic E-state index is 13.1. The van der Waals surface area contributed by atoms with E-state index in [1.165, 1.54) is 36.9 Å². The fourth-order valence-electron chi connectivity index (χ4n) is 4.83. The summed E-state index contributed by atoms with van der Waals surface area (Å²) in [6.07, 6.45) is 4.82. The monoisotopic (exact) mass is 494 g/mol. The second kappa shape index (κ2) is 9.61. The number of nitrogens with one attached hydrogen (secondary N) is 1. The zero-order valence-electron chi connectivity index (χ0n) is 19.2. The summed E-state index contributed by atoms with van der Waals surface area (Å²) in [5.41, 5.74) is 2.94. The molecule has 0 aromatic carbocycles. The lowest BCUT2D eigenvalue weighted by atomic mass is 10.1. The topological polar surface area (TPSA) is 118 Å². The Morgan fingerprint density at radius 2 is 1.79 bits per heavy atom. The third kappa shape index (κ3) is 5.03. The molecule has 2 fully saturated rings. The number of sulfonamides is 1. The van der Waals surface area contributed by atoms with Crippen LogP contribution in [0, 0.1) is 13.8 Å². The molecule has 0 atom stereocenters. The van der Waals surface area contributed by atoms with Crippen molar-refractivity contribution in [3.8, 4) is 0 Å². The standard InChI is InChI=1S/C21H30N6O4S2/c1-14-12-18(15(2)27(14)17-6-4-5-7-17)19(29)13-25-8-10-26(11-9-25)33(30,31)21-24-23-20(32-21)22-16(3)28/h12,17H,4-11,13H2,1-3H3,(H,22,23,28). The number of carbonyl (C=O) groups excluding carboxylic acids is 2. The second-order valence-electron chi connectivity index (χ2n) is 8.75. The first kappa shape index (κ1) is 24.0. The summed E-state index contributed by atoms with van der Waals surface area (Å²) in [5.74, 6) is -0.259. The summed E-state index contributed by atoms with van der Waals surface area (Å²) in [6.45, 7) is 7.15. The Bertz CT molecular complexity index is 1140. The molecule has 12 heteroatoms. The number of hydrogen-bond acceptors (Lipinski definition) is 8. The van der Waals surface area contributed by atoms with E-state index < -0.39 is 10.0 Å². The number of carbonyl (C=O) groups is 2. The number of rotatable bonds is 7. The van der Waals surface area contributed by atoms with Crippen LogP contribution in [0.3, 0.4) is 0 Å². The Kier molecular flexibility index (Phi) is 6.99. The van der Waals surface area contributed by atoms with Crippen LogP contribution in [0.5, 0.6) is 0 Å². The van der Waals surface area contributed by atoms with Gasteiger partial charge in [-0.05, 0) is 32.8 Å². The molecule has 1 aliphatic carbocycles. The van der Waals surface area contributed by atoms with Crippen LogP contribution in [0.4, 0.5) is 5.13 Å². The number of piperazine rings is 1. The van der Waals surface area contributed by atoms with Gasteiger partial charge in [0.1, 0.15) is 0 Å². The summed E-state index contributed by atoms with van der Waals surface area (Å²) in [4.78, 5) is 26.2. The highest BCUT2D eigenvalue weighted by atomic mass is 32.2. The van der Waals surface area contributed by atoms with Crippen molar-refractivity contribution in [1.82, 2.24) is 24.0 Å². The first-order valence-electron chi connectivity index (χ1n) is 11.2. The summed E-state index contributed by atoms with van der Waals surface area (Å²) < 4.78 is 29.3. The number of aryl methyl sites for hydroxylation is 1. The number of hydrogen-bond donors (Lipinski definition) is 1. The molecule has 1 saturated heterocycles. The molecular weight excluding hydrogens is 464 g/mol. The fraction of sp³-hybridized carbons (Fsp3) is 0.619. The quantitative estimate of drug-likeness (QED) is 0.463. The van der Waals surface area contributed by atoms with Crippen molar-refractivity contribution in [2.45, 2.75) is 56.8 Å². The van der Waals surface area contributed by atoms with Gasteiger partial charge in [-0.2, -0.15) is 4.31 Å². The molecule has 1 N–H and O–H groups in total. The van der Waals surface area contributed by atoms with Crippen LogP contribution in [0.1, 0.15) is 60.4 Å². The van der Waals surface area contributed by atoms with Crippen molar-refractivity contribution in [3.05, 3.63) is 23.0 Å². The maximum absolute atomic E-state index is 13.1. The average Bonchev–Trinajstić information content (AvgIpc) is 3.49. The Labute approximate surface area is 198 Å². The highest BCUT2D eigenvalue weighted by molar-refractivity contribution is 7.91. The molecule has 2 aromatic heterocycles. The van der Waals surface area contributed by atoms with Gasteiger partial charge in [0.15, 0.2) is 5.78 Å². The van der Waals surface area contributed by atoms with Gasteiger partial charge in [0, 0.05) is 56.1 Å². The van der Waals surface area contributed by atoms with Gasteiger partial charge in [0.25, 0.3) is 10.0 Å². The average molecular weight is 495 g/mol. The molecular formula is C21H30N6O4S2. The summed E-state index contributed by atoms with van der Waals surface area (Å²) in [6, 6.07) is 2.49. The number of nitrogens with zero attached hydrogens (tertiary/aromatic N) is 5. The Balaban J connectivity index is 1.36. The molecule has 0 unspecified atom stereocenters. The molecule has 180 valence electrons. The zero-order valence-corrected chi connectivity index (χ0v) is 20.8. The smallest absolute Gasteiger partial charge is 0.272 e. The molecule has 0 spiro atoms. The van der Waals surface area contributed by atoms with Crippen LogP contribution >= 0.6 is 11.3 Å². The molecule has 1 saturated carbocycles. The molecule has 1 aliphatic heterocycles. The number of anilines is 1. The van der Waals surface area contributed by atoms with Gasteiger partial charge < -0.3 is 9.88 Å². The van der Waals surface area contributed by atoms with E-state index in [0.717, 1.165) is 28.3 Å². The predicted octanol–water partition coefficient (Wildman–Crippen LogP) is 2.22. The SMILES string of the molecule is CC(=O)Nc1nnc(S(=O)(=O)N2CCN(CC(=O)c3cc(C)n(C4CCCC4)c3C)CC2)s1. The second-order valence-corrected chi connectivity index (χ2v) is 11.8. The molecule has 33 heavy (non-hydrogen) atoms. The van der Waals surface area contributed by atoms with E-state index in [0.29, 0.717) is 19.1 Å². The van der Waals surface area contributed by atoms with Crippen LogP contribution < -0.4 is 5.32 Å². The molecule has 2 aliphatic rings. The Morgan fingerprint density at radius 3 is 2.42 bits per heavy atom. The van der Waals surface area contributed by atoms with Crippen LogP contribution in [-0.4, -0.2) is 76.8 Å². The van der Waals surface area contributed by atoms with Crippen molar-refractivity contribution in [3.63, 3.8) is 0 Å². The minimum atomic E-state index is -3.79. The van der Waals surface area contributed by atoms with Gasteiger partial charge in [-0.25, -0.2) is 8.42 Å². The van der Waals surface area contributed by atoms with Crippen molar-refractivity contribution in [2.75, 3.05) is 38.0 Å². The van der Waals surface area contributed by atoms with E-state index >= 15 is 0 Å². The molecule has 0 radical (unpaired) electrons. The van der Waals surface area contributed by atoms with Crippen LogP contribution in [0.25, 0.3) is 0 Å². The Morgan fingerprint density at radius 1 is 1.12 bits per heavy atom. The molecule has 3 heterocycles. The van der Waals surface area contributed by atoms with E-state index in [1.807, 2.05) is 17.9 Å². The van der Waals surface area contributed by atoms with Crippen LogP contribution in [0.15, 0.2) is 10.4 Å². The lowest BCUT2D eigenvalue weighted by molar-refractivity contribution is -0.114.